The molecule has 0 bridgehead atoms. The molecule has 1 unspecified atom stereocenters. The number of anilines is 2. The van der Waals surface area contributed by atoms with E-state index in [0.29, 0.717) is 16.9 Å². The maximum atomic E-state index is 14.3. The van der Waals surface area contributed by atoms with Gasteiger partial charge < -0.3 is 10.1 Å². The Kier molecular flexibility index (Phi) is 9.65. The quantitative estimate of drug-likeness (QED) is 0.398. The molecule has 7 heteroatoms. The van der Waals surface area contributed by atoms with Gasteiger partial charge >= 0.3 is 6.09 Å². The monoisotopic (exact) mass is 533 g/mol. The zero-order valence-electron chi connectivity index (χ0n) is 23.6. The lowest BCUT2D eigenvalue weighted by molar-refractivity contribution is -0.124. The van der Waals surface area contributed by atoms with Crippen LogP contribution in [0, 0.1) is 5.92 Å². The van der Waals surface area contributed by atoms with Gasteiger partial charge in [0.15, 0.2) is 0 Å². The first kappa shape index (κ1) is 28.7. The number of nitrogens with zero attached hydrogens (tertiary/aromatic N) is 1. The van der Waals surface area contributed by atoms with Crippen molar-refractivity contribution in [1.82, 2.24) is 5.32 Å². The molecule has 3 amide bonds. The van der Waals surface area contributed by atoms with E-state index in [0.717, 1.165) is 57.8 Å². The van der Waals surface area contributed by atoms with Crippen LogP contribution in [0.1, 0.15) is 95.3 Å². The van der Waals surface area contributed by atoms with Gasteiger partial charge in [-0.05, 0) is 76.6 Å². The third-order valence-electron chi connectivity index (χ3n) is 7.63. The van der Waals surface area contributed by atoms with Gasteiger partial charge in [0, 0.05) is 11.6 Å². The second-order valence-corrected chi connectivity index (χ2v) is 11.9. The zero-order chi connectivity index (χ0) is 27.8. The molecule has 2 aliphatic rings. The zero-order valence-corrected chi connectivity index (χ0v) is 23.6. The highest BCUT2D eigenvalue weighted by Gasteiger charge is 2.40. The molecule has 0 spiro atoms. The predicted octanol–water partition coefficient (Wildman–Crippen LogP) is 7.08. The van der Waals surface area contributed by atoms with Gasteiger partial charge in [-0.15, -0.1) is 0 Å². The number of rotatable bonds is 7. The molecule has 210 valence electrons. The third kappa shape index (κ3) is 7.84. The molecule has 7 nitrogen and oxygen atoms in total. The summed E-state index contributed by atoms with van der Waals surface area (Å²) < 4.78 is 5.51. The van der Waals surface area contributed by atoms with Crippen LogP contribution >= 0.6 is 0 Å². The third-order valence-corrected chi connectivity index (χ3v) is 7.63. The highest BCUT2D eigenvalue weighted by molar-refractivity contribution is 6.12. The Morgan fingerprint density at radius 2 is 1.41 bits per heavy atom. The van der Waals surface area contributed by atoms with Crippen molar-refractivity contribution in [2.24, 2.45) is 5.92 Å². The molecule has 2 fully saturated rings. The van der Waals surface area contributed by atoms with Crippen molar-refractivity contribution in [2.75, 3.05) is 10.2 Å². The van der Waals surface area contributed by atoms with E-state index in [4.69, 9.17) is 4.74 Å². The smallest absolute Gasteiger partial charge is 0.412 e. The number of amides is 3. The van der Waals surface area contributed by atoms with E-state index < -0.39 is 17.7 Å². The predicted molar refractivity (Wildman–Crippen MR) is 155 cm³/mol. The summed E-state index contributed by atoms with van der Waals surface area (Å²) in [4.78, 5) is 42.9. The lowest BCUT2D eigenvalue weighted by Crippen LogP contribution is -2.56. The van der Waals surface area contributed by atoms with E-state index in [1.165, 1.54) is 6.42 Å². The van der Waals surface area contributed by atoms with Gasteiger partial charge in [0.2, 0.25) is 5.91 Å². The number of ether oxygens (including phenoxy) is 1. The fraction of sp³-hybridized carbons (Fsp3) is 0.531. The lowest BCUT2D eigenvalue weighted by Gasteiger charge is -2.39. The molecule has 0 radical (unpaired) electrons. The molecule has 1 atom stereocenters. The highest BCUT2D eigenvalue weighted by Crippen LogP contribution is 2.36. The van der Waals surface area contributed by atoms with Crippen LogP contribution < -0.4 is 15.5 Å². The van der Waals surface area contributed by atoms with Gasteiger partial charge in [-0.25, -0.2) is 4.79 Å². The SMILES string of the molecule is CC(C)(C)OC(=O)Nc1ccccc1N(C(=O)c1ccccc1)C(C(=O)NC1CCCCC1)C1CCCCC1. The number of carbonyl (C=O) groups is 3. The Balaban J connectivity index is 1.77. The molecule has 2 saturated carbocycles. The van der Waals surface area contributed by atoms with Crippen molar-refractivity contribution in [1.29, 1.82) is 0 Å². The van der Waals surface area contributed by atoms with Crippen LogP contribution in [0.5, 0.6) is 0 Å². The molecular weight excluding hydrogens is 490 g/mol. The van der Waals surface area contributed by atoms with Crippen LogP contribution in [-0.4, -0.2) is 35.6 Å². The Hall–Kier alpha value is -3.35. The number of nitrogens with one attached hydrogen (secondary N) is 2. The van der Waals surface area contributed by atoms with E-state index in [1.807, 2.05) is 24.3 Å². The molecule has 2 N–H and O–H groups in total. The number of hydrogen-bond acceptors (Lipinski definition) is 4. The number of para-hydroxylation sites is 2. The topological polar surface area (TPSA) is 87.7 Å². The van der Waals surface area contributed by atoms with Gasteiger partial charge in [0.1, 0.15) is 11.6 Å². The fourth-order valence-electron chi connectivity index (χ4n) is 5.83. The summed E-state index contributed by atoms with van der Waals surface area (Å²) in [5.41, 5.74) is 0.744. The van der Waals surface area contributed by atoms with Crippen molar-refractivity contribution >= 4 is 29.3 Å². The van der Waals surface area contributed by atoms with Crippen LogP contribution in [0.4, 0.5) is 16.2 Å². The molecule has 0 heterocycles. The van der Waals surface area contributed by atoms with Gasteiger partial charge in [0.25, 0.3) is 5.91 Å². The van der Waals surface area contributed by atoms with Crippen LogP contribution in [0.3, 0.4) is 0 Å². The first-order chi connectivity index (χ1) is 18.7. The molecule has 0 aliphatic heterocycles. The first-order valence-corrected chi connectivity index (χ1v) is 14.5. The molecule has 0 saturated heterocycles. The van der Waals surface area contributed by atoms with E-state index in [1.54, 1.807) is 56.0 Å². The van der Waals surface area contributed by atoms with Crippen LogP contribution in [-0.2, 0) is 9.53 Å². The summed E-state index contributed by atoms with van der Waals surface area (Å²) in [6.45, 7) is 5.41. The second-order valence-electron chi connectivity index (χ2n) is 11.9. The van der Waals surface area contributed by atoms with Crippen molar-refractivity contribution < 1.29 is 19.1 Å². The maximum Gasteiger partial charge on any atom is 0.412 e. The first-order valence-electron chi connectivity index (χ1n) is 14.5. The van der Waals surface area contributed by atoms with Gasteiger partial charge in [-0.1, -0.05) is 68.9 Å². The highest BCUT2D eigenvalue weighted by atomic mass is 16.6. The largest absolute Gasteiger partial charge is 0.444 e. The molecular formula is C32H43N3O4. The second kappa shape index (κ2) is 13.1. The standard InChI is InChI=1S/C32H43N3O4/c1-32(2,3)39-31(38)34-26-21-13-14-22-27(26)35(30(37)24-17-9-5-10-18-24)28(23-15-7-4-8-16-23)29(36)33-25-19-11-6-12-20-25/h5,9-10,13-14,17-18,21-23,25,28H,4,6-8,11-12,15-16,19-20H2,1-3H3,(H,33,36)(H,34,38). The minimum atomic E-state index is -0.693. The summed E-state index contributed by atoms with van der Waals surface area (Å²) in [5.74, 6) is -0.349. The van der Waals surface area contributed by atoms with Crippen LogP contribution in [0.25, 0.3) is 0 Å². The van der Waals surface area contributed by atoms with E-state index >= 15 is 0 Å². The molecule has 0 aromatic heterocycles. The Labute approximate surface area is 232 Å². The number of hydrogen-bond donors (Lipinski definition) is 2. The van der Waals surface area contributed by atoms with Crippen molar-refractivity contribution in [2.45, 2.75) is 103 Å². The summed E-state index contributed by atoms with van der Waals surface area (Å²) in [5, 5.41) is 6.16. The van der Waals surface area contributed by atoms with Crippen LogP contribution in [0.15, 0.2) is 54.6 Å². The summed E-state index contributed by atoms with van der Waals surface area (Å²) in [7, 11) is 0. The van der Waals surface area contributed by atoms with Crippen molar-refractivity contribution in [3.05, 3.63) is 60.2 Å². The number of benzene rings is 2. The average molecular weight is 534 g/mol. The van der Waals surface area contributed by atoms with E-state index in [-0.39, 0.29) is 23.8 Å². The molecule has 4 rings (SSSR count). The minimum absolute atomic E-state index is 0.0181. The van der Waals surface area contributed by atoms with Gasteiger partial charge in [-0.3, -0.25) is 19.8 Å². The van der Waals surface area contributed by atoms with E-state index in [9.17, 15) is 14.4 Å². The Morgan fingerprint density at radius 1 is 0.821 bits per heavy atom. The molecule has 39 heavy (non-hydrogen) atoms. The molecule has 2 aromatic rings. The Morgan fingerprint density at radius 3 is 2.05 bits per heavy atom. The van der Waals surface area contributed by atoms with Gasteiger partial charge in [-0.2, -0.15) is 0 Å². The average Bonchev–Trinajstić information content (AvgIpc) is 2.92. The molecule has 2 aromatic carbocycles. The minimum Gasteiger partial charge on any atom is -0.444 e. The normalized spacial score (nSPS) is 17.6. The fourth-order valence-corrected chi connectivity index (χ4v) is 5.83. The molecule has 2 aliphatic carbocycles. The Bertz CT molecular complexity index is 1120. The maximum absolute atomic E-state index is 14.3. The van der Waals surface area contributed by atoms with Crippen molar-refractivity contribution in [3.63, 3.8) is 0 Å². The number of carbonyl (C=O) groups excluding carboxylic acids is 3. The summed E-state index contributed by atoms with van der Waals surface area (Å²) in [6, 6.07) is 15.7. The lowest BCUT2D eigenvalue weighted by atomic mass is 9.82. The van der Waals surface area contributed by atoms with E-state index in [2.05, 4.69) is 10.6 Å². The van der Waals surface area contributed by atoms with Crippen LogP contribution in [0.2, 0.25) is 0 Å². The van der Waals surface area contributed by atoms with Crippen molar-refractivity contribution in [3.8, 4) is 0 Å². The summed E-state index contributed by atoms with van der Waals surface area (Å²) >= 11 is 0. The summed E-state index contributed by atoms with van der Waals surface area (Å²) in [6.07, 6.45) is 9.68. The van der Waals surface area contributed by atoms with Gasteiger partial charge in [0.05, 0.1) is 11.4 Å².